The zero-order chi connectivity index (χ0) is 48.9. The molecule has 0 bridgehead atoms. The molecule has 362 valence electrons. The molecule has 8 aromatic carbocycles. The van der Waals surface area contributed by atoms with Gasteiger partial charge in [-0.05, 0) is 59.4 Å². The SMILES string of the molecule is C[C@@H]1COC(c2cc(OCc3ccccc3)c(OCc3ccccc3)c(OCc3ccccc3)c2-c2c(C3=N[C@H](C)CO3)cc(OCc3ccccc3)c(OCc3ccccc3)c2OCc2ccccc2)=N1. The van der Waals surface area contributed by atoms with Crippen LogP contribution in [0.2, 0.25) is 0 Å². The monoisotopic (exact) mass is 956 g/mol. The van der Waals surface area contributed by atoms with Crippen LogP contribution in [-0.4, -0.2) is 37.1 Å². The summed E-state index contributed by atoms with van der Waals surface area (Å²) in [5.41, 5.74) is 8.01. The number of hydrogen-bond acceptors (Lipinski definition) is 10. The van der Waals surface area contributed by atoms with Gasteiger partial charge in [-0.3, -0.25) is 0 Å². The first-order valence-corrected chi connectivity index (χ1v) is 24.4. The molecule has 10 rings (SSSR count). The molecular weight excluding hydrogens is 901 g/mol. The van der Waals surface area contributed by atoms with Crippen LogP contribution in [0.5, 0.6) is 34.5 Å². The Morgan fingerprint density at radius 2 is 0.597 bits per heavy atom. The van der Waals surface area contributed by atoms with E-state index in [-0.39, 0.29) is 51.7 Å². The fourth-order valence-electron chi connectivity index (χ4n) is 8.46. The number of rotatable bonds is 21. The lowest BCUT2D eigenvalue weighted by atomic mass is 9.91. The third-order valence-corrected chi connectivity index (χ3v) is 12.1. The molecule has 2 aliphatic heterocycles. The van der Waals surface area contributed by atoms with Gasteiger partial charge in [-0.2, -0.15) is 0 Å². The Bertz CT molecular complexity index is 2890. The number of nitrogens with zero attached hydrogens (tertiary/aromatic N) is 2. The van der Waals surface area contributed by atoms with Gasteiger partial charge in [0.05, 0.1) is 23.2 Å². The van der Waals surface area contributed by atoms with Crippen molar-refractivity contribution in [3.05, 3.63) is 239 Å². The molecule has 2 aliphatic rings. The fourth-order valence-corrected chi connectivity index (χ4v) is 8.46. The van der Waals surface area contributed by atoms with Gasteiger partial charge in [-0.1, -0.05) is 182 Å². The van der Waals surface area contributed by atoms with Crippen LogP contribution >= 0.6 is 0 Å². The van der Waals surface area contributed by atoms with Crippen molar-refractivity contribution in [3.8, 4) is 45.6 Å². The van der Waals surface area contributed by atoms with E-state index in [1.165, 1.54) is 0 Å². The Balaban J connectivity index is 1.28. The van der Waals surface area contributed by atoms with Gasteiger partial charge in [0, 0.05) is 11.1 Å². The molecule has 0 unspecified atom stereocenters. The first-order valence-electron chi connectivity index (χ1n) is 24.4. The first kappa shape index (κ1) is 47.2. The van der Waals surface area contributed by atoms with E-state index in [2.05, 4.69) is 0 Å². The van der Waals surface area contributed by atoms with Crippen LogP contribution < -0.4 is 28.4 Å². The van der Waals surface area contributed by atoms with E-state index < -0.39 is 0 Å². The smallest absolute Gasteiger partial charge is 0.217 e. The summed E-state index contributed by atoms with van der Waals surface area (Å²) in [6.07, 6.45) is 0. The molecule has 0 fully saturated rings. The second-order valence-electron chi connectivity index (χ2n) is 17.7. The second-order valence-corrected chi connectivity index (χ2v) is 17.7. The van der Waals surface area contributed by atoms with Crippen molar-refractivity contribution in [1.82, 2.24) is 0 Å². The summed E-state index contributed by atoms with van der Waals surface area (Å²) in [4.78, 5) is 10.2. The topological polar surface area (TPSA) is 98.6 Å². The van der Waals surface area contributed by atoms with Gasteiger partial charge in [0.2, 0.25) is 23.3 Å². The van der Waals surface area contributed by atoms with E-state index in [0.29, 0.717) is 81.8 Å². The summed E-state index contributed by atoms with van der Waals surface area (Å²) >= 11 is 0. The highest BCUT2D eigenvalue weighted by Crippen LogP contribution is 2.56. The highest BCUT2D eigenvalue weighted by Gasteiger charge is 2.37. The van der Waals surface area contributed by atoms with Gasteiger partial charge in [0.1, 0.15) is 52.9 Å². The van der Waals surface area contributed by atoms with E-state index in [9.17, 15) is 0 Å². The van der Waals surface area contributed by atoms with Crippen molar-refractivity contribution in [3.63, 3.8) is 0 Å². The van der Waals surface area contributed by atoms with Crippen LogP contribution in [0.1, 0.15) is 58.4 Å². The lowest BCUT2D eigenvalue weighted by molar-refractivity contribution is 0.228. The summed E-state index contributed by atoms with van der Waals surface area (Å²) in [6.45, 7) is 6.02. The van der Waals surface area contributed by atoms with Gasteiger partial charge in [-0.15, -0.1) is 0 Å². The van der Waals surface area contributed by atoms with E-state index in [0.717, 1.165) is 33.4 Å². The van der Waals surface area contributed by atoms with Gasteiger partial charge in [0.25, 0.3) is 0 Å². The van der Waals surface area contributed by atoms with Crippen LogP contribution in [0, 0.1) is 0 Å². The molecule has 0 aromatic heterocycles. The Labute approximate surface area is 421 Å². The molecule has 72 heavy (non-hydrogen) atoms. The Hall–Kier alpha value is -8.50. The number of benzene rings is 8. The first-order chi connectivity index (χ1) is 35.5. The number of ether oxygens (including phenoxy) is 8. The molecule has 0 N–H and O–H groups in total. The molecule has 10 heteroatoms. The molecule has 2 atom stereocenters. The largest absolute Gasteiger partial charge is 0.485 e. The summed E-state index contributed by atoms with van der Waals surface area (Å²) in [7, 11) is 0. The lowest BCUT2D eigenvalue weighted by Crippen LogP contribution is -2.14. The Kier molecular flexibility index (Phi) is 15.0. The van der Waals surface area contributed by atoms with Gasteiger partial charge in [-0.25, -0.2) is 9.98 Å². The molecule has 0 aliphatic carbocycles. The van der Waals surface area contributed by atoms with Gasteiger partial charge >= 0.3 is 0 Å². The zero-order valence-corrected chi connectivity index (χ0v) is 40.4. The molecule has 0 saturated heterocycles. The van der Waals surface area contributed by atoms with Crippen LogP contribution in [0.15, 0.2) is 204 Å². The van der Waals surface area contributed by atoms with Crippen molar-refractivity contribution < 1.29 is 37.9 Å². The molecule has 0 radical (unpaired) electrons. The minimum atomic E-state index is -0.139. The summed E-state index contributed by atoms with van der Waals surface area (Å²) in [5, 5.41) is 0. The second kappa shape index (κ2) is 22.9. The molecule has 0 spiro atoms. The Morgan fingerprint density at radius 1 is 0.347 bits per heavy atom. The van der Waals surface area contributed by atoms with Crippen LogP contribution in [0.3, 0.4) is 0 Å². The van der Waals surface area contributed by atoms with Gasteiger partial charge < -0.3 is 37.9 Å². The molecule has 0 saturated carbocycles. The van der Waals surface area contributed by atoms with E-state index >= 15 is 0 Å². The molecular formula is C62H56N2O8. The zero-order valence-electron chi connectivity index (χ0n) is 40.4. The fraction of sp³-hybridized carbons (Fsp3) is 0.194. The summed E-state index contributed by atoms with van der Waals surface area (Å²) < 4.78 is 55.4. The highest BCUT2D eigenvalue weighted by atomic mass is 16.6. The maximum atomic E-state index is 7.25. The number of aliphatic imine (C=N–C) groups is 2. The molecule has 0 amide bonds. The predicted octanol–water partition coefficient (Wildman–Crippen LogP) is 13.2. The molecule has 2 heterocycles. The quantitative estimate of drug-likeness (QED) is 0.0702. The summed E-state index contributed by atoms with van der Waals surface area (Å²) in [6, 6.07) is 63.8. The van der Waals surface area contributed by atoms with Crippen molar-refractivity contribution in [1.29, 1.82) is 0 Å². The van der Waals surface area contributed by atoms with Crippen molar-refractivity contribution in [2.45, 2.75) is 65.6 Å². The normalized spacial score (nSPS) is 14.9. The van der Waals surface area contributed by atoms with Crippen LogP contribution in [0.25, 0.3) is 11.1 Å². The third kappa shape index (κ3) is 11.6. The predicted molar refractivity (Wildman–Crippen MR) is 280 cm³/mol. The van der Waals surface area contributed by atoms with Gasteiger partial charge in [0.15, 0.2) is 23.0 Å². The molecule has 8 aromatic rings. The maximum Gasteiger partial charge on any atom is 0.217 e. The van der Waals surface area contributed by atoms with Crippen molar-refractivity contribution in [2.24, 2.45) is 9.98 Å². The molecule has 10 nitrogen and oxygen atoms in total. The van der Waals surface area contributed by atoms with Crippen molar-refractivity contribution >= 4 is 11.8 Å². The van der Waals surface area contributed by atoms with E-state index in [1.54, 1.807) is 0 Å². The maximum absolute atomic E-state index is 7.25. The Morgan fingerprint density at radius 3 is 0.847 bits per heavy atom. The summed E-state index contributed by atoms with van der Waals surface area (Å²) in [5.74, 6) is 3.14. The standard InChI is InChI=1S/C62H56N2O8/c1-43-35-71-61(63-43)51-33-53(65-37-45-21-9-3-10-22-45)57(67-39-47-25-13-5-14-26-47)59(69-41-49-29-17-7-18-30-49)55(51)56-52(62-64-44(2)36-72-62)34-54(66-38-46-23-11-4-12-24-46)58(68-40-48-27-15-6-16-28-48)60(56)70-42-50-31-19-8-20-32-50/h3-34,43-44H,35-42H2,1-2H3/t43-,44-/m1/s1. The lowest BCUT2D eigenvalue weighted by Gasteiger charge is -2.27. The highest BCUT2D eigenvalue weighted by molar-refractivity contribution is 6.11. The van der Waals surface area contributed by atoms with E-state index in [4.69, 9.17) is 47.9 Å². The average molecular weight is 957 g/mol. The third-order valence-electron chi connectivity index (χ3n) is 12.1. The van der Waals surface area contributed by atoms with Crippen molar-refractivity contribution in [2.75, 3.05) is 13.2 Å². The number of hydrogen-bond donors (Lipinski definition) is 0. The average Bonchev–Trinajstić information content (AvgIpc) is 4.08. The van der Waals surface area contributed by atoms with Crippen LogP contribution in [-0.2, 0) is 49.1 Å². The van der Waals surface area contributed by atoms with Crippen LogP contribution in [0.4, 0.5) is 0 Å². The minimum Gasteiger partial charge on any atom is -0.485 e. The minimum absolute atomic E-state index is 0.139. The van der Waals surface area contributed by atoms with E-state index in [1.807, 2.05) is 208 Å².